The molecule has 0 saturated carbocycles. The highest BCUT2D eigenvalue weighted by Gasteiger charge is 2.07. The number of nitrogens with zero attached hydrogens (tertiary/aromatic N) is 2. The molecule has 0 unspecified atom stereocenters. The highest BCUT2D eigenvalue weighted by atomic mass is 19.1. The van der Waals surface area contributed by atoms with E-state index in [4.69, 9.17) is 0 Å². The third-order valence-corrected chi connectivity index (χ3v) is 1.36. The van der Waals surface area contributed by atoms with E-state index in [9.17, 15) is 9.18 Å². The lowest BCUT2D eigenvalue weighted by Crippen LogP contribution is -2.27. The van der Waals surface area contributed by atoms with Gasteiger partial charge >= 0.3 is 6.03 Å². The molecule has 1 heterocycles. The average molecular weight is 182 g/mol. The minimum absolute atomic E-state index is 0.0775. The number of nitrogens with one attached hydrogen (secondary N) is 1. The van der Waals surface area contributed by atoms with E-state index in [-0.39, 0.29) is 5.69 Å². The SMILES string of the molecule is CN(C)C(=O)Nc1ccn[c]c1F. The predicted molar refractivity (Wildman–Crippen MR) is 45.7 cm³/mol. The van der Waals surface area contributed by atoms with Crippen LogP contribution in [0.3, 0.4) is 0 Å². The van der Waals surface area contributed by atoms with Crippen molar-refractivity contribution >= 4 is 11.7 Å². The topological polar surface area (TPSA) is 45.2 Å². The molecule has 0 saturated heterocycles. The molecule has 0 fully saturated rings. The number of hydrogen-bond acceptors (Lipinski definition) is 2. The molecule has 69 valence electrons. The fourth-order valence-corrected chi connectivity index (χ4v) is 0.663. The molecule has 0 bridgehead atoms. The Labute approximate surface area is 75.4 Å². The highest BCUT2D eigenvalue weighted by Crippen LogP contribution is 2.10. The van der Waals surface area contributed by atoms with Crippen LogP contribution < -0.4 is 5.32 Å². The summed E-state index contributed by atoms with van der Waals surface area (Å²) in [5.74, 6) is -0.669. The van der Waals surface area contributed by atoms with E-state index in [0.29, 0.717) is 0 Å². The maximum Gasteiger partial charge on any atom is 0.321 e. The number of amides is 2. The first-order valence-electron chi connectivity index (χ1n) is 3.61. The summed E-state index contributed by atoms with van der Waals surface area (Å²) in [4.78, 5) is 15.8. The van der Waals surface area contributed by atoms with E-state index in [1.807, 2.05) is 0 Å². The largest absolute Gasteiger partial charge is 0.331 e. The summed E-state index contributed by atoms with van der Waals surface area (Å²) in [6.07, 6.45) is 3.45. The molecule has 0 aliphatic heterocycles. The van der Waals surface area contributed by atoms with Crippen molar-refractivity contribution in [3.63, 3.8) is 0 Å². The zero-order valence-electron chi connectivity index (χ0n) is 7.34. The number of carbonyl (C=O) groups is 1. The smallest absolute Gasteiger partial charge is 0.321 e. The number of urea groups is 1. The van der Waals surface area contributed by atoms with Gasteiger partial charge < -0.3 is 10.2 Å². The Morgan fingerprint density at radius 1 is 1.69 bits per heavy atom. The molecular weight excluding hydrogens is 173 g/mol. The molecule has 0 aromatic carbocycles. The van der Waals surface area contributed by atoms with Gasteiger partial charge in [0.1, 0.15) is 6.20 Å². The van der Waals surface area contributed by atoms with Gasteiger partial charge in [0.05, 0.1) is 5.69 Å². The van der Waals surface area contributed by atoms with Gasteiger partial charge in [-0.05, 0) is 6.07 Å². The van der Waals surface area contributed by atoms with Gasteiger partial charge in [-0.15, -0.1) is 0 Å². The van der Waals surface area contributed by atoms with Crippen LogP contribution in [-0.4, -0.2) is 30.0 Å². The number of pyridine rings is 1. The molecule has 1 aromatic rings. The van der Waals surface area contributed by atoms with Crippen molar-refractivity contribution < 1.29 is 9.18 Å². The molecule has 1 radical (unpaired) electrons. The van der Waals surface area contributed by atoms with E-state index >= 15 is 0 Å². The maximum atomic E-state index is 12.9. The first-order chi connectivity index (χ1) is 6.11. The minimum atomic E-state index is -0.669. The van der Waals surface area contributed by atoms with E-state index in [0.717, 1.165) is 0 Å². The standard InChI is InChI=1S/C8H9FN3O/c1-12(2)8(13)11-7-3-4-10-5-6(7)9/h3-4H,1-2H3,(H,10,11,13). The van der Waals surface area contributed by atoms with Crippen LogP contribution in [0.5, 0.6) is 0 Å². The molecule has 1 aromatic heterocycles. The minimum Gasteiger partial charge on any atom is -0.331 e. The van der Waals surface area contributed by atoms with Gasteiger partial charge in [-0.3, -0.25) is 4.98 Å². The lowest BCUT2D eigenvalue weighted by atomic mass is 10.4. The lowest BCUT2D eigenvalue weighted by molar-refractivity contribution is 0.230. The fraction of sp³-hybridized carbons (Fsp3) is 0.250. The van der Waals surface area contributed by atoms with Crippen LogP contribution >= 0.6 is 0 Å². The summed E-state index contributed by atoms with van der Waals surface area (Å²) >= 11 is 0. The lowest BCUT2D eigenvalue weighted by Gasteiger charge is -2.11. The molecule has 5 heteroatoms. The predicted octanol–water partition coefficient (Wildman–Crippen LogP) is 1.11. The third-order valence-electron chi connectivity index (χ3n) is 1.36. The van der Waals surface area contributed by atoms with Gasteiger partial charge in [0.2, 0.25) is 0 Å². The second-order valence-electron chi connectivity index (χ2n) is 2.61. The van der Waals surface area contributed by atoms with Gasteiger partial charge in [0.25, 0.3) is 0 Å². The first-order valence-corrected chi connectivity index (χ1v) is 3.61. The third kappa shape index (κ3) is 2.40. The van der Waals surface area contributed by atoms with Gasteiger partial charge in [-0.2, -0.15) is 0 Å². The Morgan fingerprint density at radius 2 is 2.38 bits per heavy atom. The molecule has 0 aliphatic carbocycles. The van der Waals surface area contributed by atoms with Gasteiger partial charge in [-0.25, -0.2) is 9.18 Å². The summed E-state index contributed by atoms with van der Waals surface area (Å²) in [7, 11) is 3.14. The number of aromatic nitrogens is 1. The van der Waals surface area contributed by atoms with Crippen molar-refractivity contribution in [3.8, 4) is 0 Å². The van der Waals surface area contributed by atoms with Crippen molar-refractivity contribution in [2.75, 3.05) is 19.4 Å². The summed E-state index contributed by atoms with van der Waals surface area (Å²) in [6.45, 7) is 0. The average Bonchev–Trinajstić information content (AvgIpc) is 2.08. The second-order valence-corrected chi connectivity index (χ2v) is 2.61. The van der Waals surface area contributed by atoms with E-state index in [2.05, 4.69) is 16.5 Å². The first kappa shape index (κ1) is 9.44. The summed E-state index contributed by atoms with van der Waals surface area (Å²) < 4.78 is 12.9. The monoisotopic (exact) mass is 182 g/mol. The van der Waals surface area contributed by atoms with Crippen LogP contribution in [0.15, 0.2) is 12.3 Å². The molecule has 1 rings (SSSR count). The normalized spacial score (nSPS) is 9.46. The number of carbonyl (C=O) groups excluding carboxylic acids is 1. The zero-order chi connectivity index (χ0) is 9.84. The molecule has 13 heavy (non-hydrogen) atoms. The number of anilines is 1. The maximum absolute atomic E-state index is 12.9. The molecule has 2 amide bonds. The fourth-order valence-electron chi connectivity index (χ4n) is 0.663. The van der Waals surface area contributed by atoms with Crippen LogP contribution in [0.1, 0.15) is 0 Å². The van der Waals surface area contributed by atoms with E-state index in [1.54, 1.807) is 14.1 Å². The Balaban J connectivity index is 2.75. The second kappa shape index (κ2) is 3.84. The van der Waals surface area contributed by atoms with Crippen molar-refractivity contribution in [2.45, 2.75) is 0 Å². The Kier molecular flexibility index (Phi) is 2.79. The molecular formula is C8H9FN3O. The van der Waals surface area contributed by atoms with Gasteiger partial charge in [0.15, 0.2) is 5.82 Å². The molecule has 1 N–H and O–H groups in total. The van der Waals surface area contributed by atoms with E-state index in [1.165, 1.54) is 17.2 Å². The van der Waals surface area contributed by atoms with Crippen molar-refractivity contribution in [3.05, 3.63) is 24.3 Å². The van der Waals surface area contributed by atoms with Gasteiger partial charge in [-0.1, -0.05) is 0 Å². The van der Waals surface area contributed by atoms with Crippen molar-refractivity contribution in [2.24, 2.45) is 0 Å². The van der Waals surface area contributed by atoms with Crippen LogP contribution in [-0.2, 0) is 0 Å². The molecule has 4 nitrogen and oxygen atoms in total. The Bertz CT molecular complexity index is 314. The van der Waals surface area contributed by atoms with Crippen LogP contribution in [0, 0.1) is 12.0 Å². The Hall–Kier alpha value is -1.65. The van der Waals surface area contributed by atoms with Crippen LogP contribution in [0.4, 0.5) is 14.9 Å². The van der Waals surface area contributed by atoms with E-state index < -0.39 is 11.8 Å². The number of halogens is 1. The number of hydrogen-bond donors (Lipinski definition) is 1. The Morgan fingerprint density at radius 3 is 2.92 bits per heavy atom. The van der Waals surface area contributed by atoms with Crippen molar-refractivity contribution in [1.82, 2.24) is 9.88 Å². The van der Waals surface area contributed by atoms with Crippen molar-refractivity contribution in [1.29, 1.82) is 0 Å². The molecule has 0 spiro atoms. The summed E-state index contributed by atoms with van der Waals surface area (Å²) in [5.41, 5.74) is 0.0775. The highest BCUT2D eigenvalue weighted by molar-refractivity contribution is 5.88. The van der Waals surface area contributed by atoms with Crippen LogP contribution in [0.2, 0.25) is 0 Å². The quantitative estimate of drug-likeness (QED) is 0.707. The number of rotatable bonds is 1. The zero-order valence-corrected chi connectivity index (χ0v) is 7.34. The summed E-state index contributed by atoms with van der Waals surface area (Å²) in [5, 5.41) is 2.35. The molecule has 0 atom stereocenters. The molecule has 0 aliphatic rings. The van der Waals surface area contributed by atoms with Crippen LogP contribution in [0.25, 0.3) is 0 Å². The summed E-state index contributed by atoms with van der Waals surface area (Å²) in [6, 6.07) is 0.978. The van der Waals surface area contributed by atoms with Gasteiger partial charge in [0, 0.05) is 20.3 Å².